The van der Waals surface area contributed by atoms with Gasteiger partial charge in [-0.05, 0) is 25.1 Å². The first-order chi connectivity index (χ1) is 12.5. The molecule has 0 fully saturated rings. The van der Waals surface area contributed by atoms with Crippen molar-refractivity contribution >= 4 is 33.8 Å². The lowest BCUT2D eigenvalue weighted by molar-refractivity contribution is 0.0993. The van der Waals surface area contributed by atoms with Crippen LogP contribution in [-0.2, 0) is 0 Å². The fourth-order valence-corrected chi connectivity index (χ4v) is 3.40. The summed E-state index contributed by atoms with van der Waals surface area (Å²) in [6, 6.07) is 5.23. The first kappa shape index (κ1) is 16.0. The number of thiazole rings is 1. The molecule has 0 bridgehead atoms. The Morgan fingerprint density at radius 3 is 2.96 bits per heavy atom. The number of carbonyl (C=O) groups excluding carboxylic acids is 2. The molecule has 0 saturated carbocycles. The number of nitrogens with two attached hydrogens (primary N) is 1. The smallest absolute Gasteiger partial charge is 0.265 e. The molecule has 0 radical (unpaired) electrons. The van der Waals surface area contributed by atoms with Crippen molar-refractivity contribution in [1.82, 2.24) is 19.4 Å². The highest BCUT2D eigenvalue weighted by Crippen LogP contribution is 2.26. The number of nitrogens with one attached hydrogen (secondary N) is 2. The van der Waals surface area contributed by atoms with Gasteiger partial charge in [-0.1, -0.05) is 0 Å². The summed E-state index contributed by atoms with van der Waals surface area (Å²) >= 11 is 1.30. The number of pyridine rings is 1. The number of rotatable bonds is 4. The fraction of sp³-hybridized carbons (Fsp3) is 0.0588. The van der Waals surface area contributed by atoms with Crippen molar-refractivity contribution in [3.05, 3.63) is 59.3 Å². The molecule has 0 aliphatic heterocycles. The van der Waals surface area contributed by atoms with Crippen LogP contribution in [0.4, 0.5) is 5.13 Å². The topological polar surface area (TPSA) is 118 Å². The third-order valence-corrected chi connectivity index (χ3v) is 4.81. The van der Waals surface area contributed by atoms with Gasteiger partial charge in [0.25, 0.3) is 11.8 Å². The molecule has 0 aliphatic carbocycles. The monoisotopic (exact) mass is 366 g/mol. The second-order valence-corrected chi connectivity index (χ2v) is 6.54. The molecule has 0 aromatic carbocycles. The van der Waals surface area contributed by atoms with Crippen molar-refractivity contribution in [2.75, 3.05) is 5.32 Å². The number of imidazole rings is 1. The van der Waals surface area contributed by atoms with E-state index in [4.69, 9.17) is 5.73 Å². The molecule has 4 aromatic heterocycles. The van der Waals surface area contributed by atoms with Gasteiger partial charge in [0.2, 0.25) is 0 Å². The molecule has 4 aromatic rings. The van der Waals surface area contributed by atoms with E-state index in [0.29, 0.717) is 22.1 Å². The summed E-state index contributed by atoms with van der Waals surface area (Å²) < 4.78 is 1.85. The number of H-pyrrole nitrogens is 1. The van der Waals surface area contributed by atoms with Gasteiger partial charge in [0.1, 0.15) is 5.69 Å². The minimum Gasteiger partial charge on any atom is -0.364 e. The Balaban J connectivity index is 1.57. The summed E-state index contributed by atoms with van der Waals surface area (Å²) in [6.45, 7) is 1.86. The highest BCUT2D eigenvalue weighted by molar-refractivity contribution is 7.14. The lowest BCUT2D eigenvalue weighted by atomic mass is 10.2. The SMILES string of the molecule is Cc1c(C(=O)Nc2nc(-c3c[nH]c(C(N)=O)c3)cs2)ccc2cncn12. The third kappa shape index (κ3) is 2.74. The van der Waals surface area contributed by atoms with E-state index < -0.39 is 5.91 Å². The number of primary amides is 1. The van der Waals surface area contributed by atoms with Crippen LogP contribution < -0.4 is 11.1 Å². The zero-order chi connectivity index (χ0) is 18.3. The van der Waals surface area contributed by atoms with E-state index in [1.807, 2.05) is 17.4 Å². The Bertz CT molecular complexity index is 1140. The molecular formula is C17H14N6O2S. The van der Waals surface area contributed by atoms with E-state index >= 15 is 0 Å². The number of nitrogens with zero attached hydrogens (tertiary/aromatic N) is 3. The van der Waals surface area contributed by atoms with Gasteiger partial charge >= 0.3 is 0 Å². The van der Waals surface area contributed by atoms with Gasteiger partial charge in [0.15, 0.2) is 5.13 Å². The average Bonchev–Trinajstić information content (AvgIpc) is 3.35. The number of aromatic nitrogens is 4. The average molecular weight is 366 g/mol. The number of aryl methyl sites for hydroxylation is 1. The second kappa shape index (κ2) is 6.12. The van der Waals surface area contributed by atoms with E-state index in [-0.39, 0.29) is 5.91 Å². The first-order valence-electron chi connectivity index (χ1n) is 7.70. The molecule has 4 heterocycles. The molecule has 0 aliphatic rings. The Hall–Kier alpha value is -3.46. The van der Waals surface area contributed by atoms with Gasteiger partial charge in [-0.15, -0.1) is 11.3 Å². The molecule has 4 rings (SSSR count). The number of aromatic amines is 1. The van der Waals surface area contributed by atoms with Crippen molar-refractivity contribution in [2.24, 2.45) is 5.73 Å². The predicted molar refractivity (Wildman–Crippen MR) is 98.3 cm³/mol. The van der Waals surface area contributed by atoms with Gasteiger partial charge < -0.3 is 15.1 Å². The van der Waals surface area contributed by atoms with E-state index in [1.54, 1.807) is 36.2 Å². The predicted octanol–water partition coefficient (Wildman–Crippen LogP) is 2.45. The molecule has 130 valence electrons. The van der Waals surface area contributed by atoms with Crippen molar-refractivity contribution in [1.29, 1.82) is 0 Å². The lowest BCUT2D eigenvalue weighted by Crippen LogP contribution is -2.14. The summed E-state index contributed by atoms with van der Waals surface area (Å²) in [5.41, 5.74) is 9.19. The first-order valence-corrected chi connectivity index (χ1v) is 8.58. The standard InChI is InChI=1S/C17H14N6O2S/c1-9-12(3-2-11-6-19-8-23(9)11)16(25)22-17-21-14(7-26-17)10-4-13(15(18)24)20-5-10/h2-8,20H,1H3,(H2,18,24)(H,21,22,25). The third-order valence-electron chi connectivity index (χ3n) is 4.05. The minimum atomic E-state index is -0.537. The Morgan fingerprint density at radius 2 is 2.19 bits per heavy atom. The Morgan fingerprint density at radius 1 is 1.35 bits per heavy atom. The molecule has 4 N–H and O–H groups in total. The number of anilines is 1. The number of hydrogen-bond acceptors (Lipinski definition) is 5. The Labute approximate surface area is 151 Å². The maximum atomic E-state index is 12.6. The van der Waals surface area contributed by atoms with Gasteiger partial charge in [-0.2, -0.15) is 0 Å². The van der Waals surface area contributed by atoms with Crippen molar-refractivity contribution in [3.8, 4) is 11.3 Å². The molecule has 8 nitrogen and oxygen atoms in total. The van der Waals surface area contributed by atoms with E-state index in [0.717, 1.165) is 16.8 Å². The molecule has 0 saturated heterocycles. The summed E-state index contributed by atoms with van der Waals surface area (Å²) in [6.07, 6.45) is 5.06. The molecule has 9 heteroatoms. The van der Waals surface area contributed by atoms with Crippen molar-refractivity contribution in [3.63, 3.8) is 0 Å². The van der Waals surface area contributed by atoms with Crippen LogP contribution in [0, 0.1) is 6.92 Å². The van der Waals surface area contributed by atoms with Crippen molar-refractivity contribution in [2.45, 2.75) is 6.92 Å². The van der Waals surface area contributed by atoms with Crippen LogP contribution >= 0.6 is 11.3 Å². The van der Waals surface area contributed by atoms with E-state index in [2.05, 4.69) is 20.3 Å². The minimum absolute atomic E-state index is 0.245. The van der Waals surface area contributed by atoms with Crippen LogP contribution in [0.15, 0.2) is 42.3 Å². The number of hydrogen-bond donors (Lipinski definition) is 3. The lowest BCUT2D eigenvalue weighted by Gasteiger charge is -2.07. The summed E-state index contributed by atoms with van der Waals surface area (Å²) in [5, 5.41) is 5.08. The molecule has 26 heavy (non-hydrogen) atoms. The van der Waals surface area contributed by atoms with Gasteiger partial charge in [-0.3, -0.25) is 14.9 Å². The fourth-order valence-electron chi connectivity index (χ4n) is 2.68. The van der Waals surface area contributed by atoms with Gasteiger partial charge in [0.05, 0.1) is 29.3 Å². The molecule has 0 atom stereocenters. The highest BCUT2D eigenvalue weighted by Gasteiger charge is 2.15. The van der Waals surface area contributed by atoms with Gasteiger partial charge in [0, 0.05) is 22.8 Å². The maximum absolute atomic E-state index is 12.6. The molecule has 2 amide bonds. The van der Waals surface area contributed by atoms with Crippen LogP contribution in [0.1, 0.15) is 26.5 Å². The van der Waals surface area contributed by atoms with Crippen LogP contribution in [0.2, 0.25) is 0 Å². The number of carbonyl (C=O) groups is 2. The van der Waals surface area contributed by atoms with E-state index in [9.17, 15) is 9.59 Å². The Kier molecular flexibility index (Phi) is 3.77. The largest absolute Gasteiger partial charge is 0.364 e. The molecule has 0 spiro atoms. The van der Waals surface area contributed by atoms with Gasteiger partial charge in [-0.25, -0.2) is 9.97 Å². The summed E-state index contributed by atoms with van der Waals surface area (Å²) in [7, 11) is 0. The zero-order valence-corrected chi connectivity index (χ0v) is 14.5. The number of fused-ring (bicyclic) bond motifs is 1. The quantitative estimate of drug-likeness (QED) is 0.514. The maximum Gasteiger partial charge on any atom is 0.265 e. The number of amides is 2. The van der Waals surface area contributed by atoms with Crippen LogP contribution in [0.25, 0.3) is 16.8 Å². The summed E-state index contributed by atoms with van der Waals surface area (Å²) in [4.78, 5) is 35.0. The molecule has 0 unspecified atom stereocenters. The zero-order valence-electron chi connectivity index (χ0n) is 13.7. The summed E-state index contributed by atoms with van der Waals surface area (Å²) in [5.74, 6) is -0.781. The molecular weight excluding hydrogens is 352 g/mol. The normalized spacial score (nSPS) is 11.0. The second-order valence-electron chi connectivity index (χ2n) is 5.68. The van der Waals surface area contributed by atoms with Crippen LogP contribution in [0.5, 0.6) is 0 Å². The highest BCUT2D eigenvalue weighted by atomic mass is 32.1. The van der Waals surface area contributed by atoms with E-state index in [1.165, 1.54) is 11.3 Å². The van der Waals surface area contributed by atoms with Crippen LogP contribution in [-0.4, -0.2) is 31.2 Å². The van der Waals surface area contributed by atoms with Crippen molar-refractivity contribution < 1.29 is 9.59 Å². The van der Waals surface area contributed by atoms with Crippen LogP contribution in [0.3, 0.4) is 0 Å².